The van der Waals surface area contributed by atoms with E-state index in [0.29, 0.717) is 6.54 Å². The number of methoxy groups -OCH3 is 1. The van der Waals surface area contributed by atoms with Crippen LogP contribution >= 0.6 is 0 Å². The molecule has 1 aliphatic rings. The van der Waals surface area contributed by atoms with Crippen molar-refractivity contribution in [3.05, 3.63) is 108 Å². The minimum absolute atomic E-state index is 0.0773. The van der Waals surface area contributed by atoms with E-state index in [0.717, 1.165) is 17.1 Å². The molecule has 0 aromatic heterocycles. The zero-order valence-corrected chi connectivity index (χ0v) is 14.7. The van der Waals surface area contributed by atoms with Crippen LogP contribution in [-0.2, 0) is 11.4 Å². The number of hydroxylamine groups is 2. The molecule has 0 N–H and O–H groups in total. The molecule has 3 nitrogen and oxygen atoms in total. The Hall–Kier alpha value is -3.04. The lowest BCUT2D eigenvalue weighted by atomic mass is 10.0. The van der Waals surface area contributed by atoms with Gasteiger partial charge in [-0.15, -0.1) is 5.06 Å². The Morgan fingerprint density at radius 3 is 2.15 bits per heavy atom. The number of nitrogens with zero attached hydrogens (tertiary/aromatic N) is 1. The van der Waals surface area contributed by atoms with E-state index in [9.17, 15) is 0 Å². The molecule has 26 heavy (non-hydrogen) atoms. The minimum atomic E-state index is 0.0773. The van der Waals surface area contributed by atoms with Crippen LogP contribution in [0.1, 0.15) is 22.7 Å². The zero-order chi connectivity index (χ0) is 17.8. The largest absolute Gasteiger partial charge is 0.497 e. The molecule has 1 atom stereocenters. The van der Waals surface area contributed by atoms with Gasteiger partial charge in [0.2, 0.25) is 0 Å². The molecule has 0 bridgehead atoms. The van der Waals surface area contributed by atoms with Gasteiger partial charge in [-0.05, 0) is 29.3 Å². The predicted molar refractivity (Wildman–Crippen MR) is 103 cm³/mol. The highest BCUT2D eigenvalue weighted by Gasteiger charge is 2.29. The number of hydrogen-bond donors (Lipinski definition) is 0. The van der Waals surface area contributed by atoms with Gasteiger partial charge < -0.3 is 9.57 Å². The molecule has 3 heteroatoms. The average molecular weight is 343 g/mol. The van der Waals surface area contributed by atoms with Crippen LogP contribution in [0.15, 0.2) is 91.0 Å². The fourth-order valence-corrected chi connectivity index (χ4v) is 3.15. The number of benzene rings is 3. The second-order valence-corrected chi connectivity index (χ2v) is 6.27. The molecule has 1 heterocycles. The zero-order valence-electron chi connectivity index (χ0n) is 14.7. The molecule has 0 saturated carbocycles. The normalized spacial score (nSPS) is 16.8. The summed E-state index contributed by atoms with van der Waals surface area (Å²) in [6.07, 6.45) is 2.19. The van der Waals surface area contributed by atoms with E-state index in [2.05, 4.69) is 54.6 Å². The molecule has 0 saturated heterocycles. The molecule has 3 aromatic carbocycles. The SMILES string of the molecule is COc1ccc(CN2OC(c3ccccc3)=CC2c2ccccc2)cc1. The second kappa shape index (κ2) is 7.46. The Morgan fingerprint density at radius 2 is 1.50 bits per heavy atom. The van der Waals surface area contributed by atoms with Gasteiger partial charge in [-0.1, -0.05) is 72.8 Å². The summed E-state index contributed by atoms with van der Waals surface area (Å²) in [4.78, 5) is 6.24. The van der Waals surface area contributed by atoms with Gasteiger partial charge in [0.15, 0.2) is 5.76 Å². The number of rotatable bonds is 5. The lowest BCUT2D eigenvalue weighted by Crippen LogP contribution is -2.22. The second-order valence-electron chi connectivity index (χ2n) is 6.27. The third kappa shape index (κ3) is 3.48. The first kappa shape index (κ1) is 16.4. The molecule has 0 radical (unpaired) electrons. The van der Waals surface area contributed by atoms with Crippen LogP contribution in [0, 0.1) is 0 Å². The molecule has 0 amide bonds. The smallest absolute Gasteiger partial charge is 0.152 e. The van der Waals surface area contributed by atoms with Crippen molar-refractivity contribution in [2.45, 2.75) is 12.6 Å². The van der Waals surface area contributed by atoms with Gasteiger partial charge in [-0.25, -0.2) is 0 Å². The molecule has 3 aromatic rings. The average Bonchev–Trinajstić information content (AvgIpc) is 3.14. The molecule has 0 spiro atoms. The van der Waals surface area contributed by atoms with Crippen LogP contribution in [0.4, 0.5) is 0 Å². The number of ether oxygens (including phenoxy) is 1. The van der Waals surface area contributed by atoms with Gasteiger partial charge in [0.05, 0.1) is 19.7 Å². The third-order valence-corrected chi connectivity index (χ3v) is 4.53. The quantitative estimate of drug-likeness (QED) is 0.633. The Kier molecular flexibility index (Phi) is 4.71. The summed E-state index contributed by atoms with van der Waals surface area (Å²) < 4.78 is 5.25. The highest BCUT2D eigenvalue weighted by atomic mass is 16.7. The molecule has 1 unspecified atom stereocenters. The summed E-state index contributed by atoms with van der Waals surface area (Å²) in [5.74, 6) is 1.76. The van der Waals surface area contributed by atoms with Crippen molar-refractivity contribution in [2.75, 3.05) is 7.11 Å². The Balaban J connectivity index is 1.62. The first-order chi connectivity index (χ1) is 12.8. The van der Waals surface area contributed by atoms with Crippen molar-refractivity contribution in [2.24, 2.45) is 0 Å². The highest BCUT2D eigenvalue weighted by Crippen LogP contribution is 2.36. The lowest BCUT2D eigenvalue weighted by Gasteiger charge is -2.23. The van der Waals surface area contributed by atoms with E-state index in [4.69, 9.17) is 9.57 Å². The first-order valence-corrected chi connectivity index (χ1v) is 8.73. The fraction of sp³-hybridized carbons (Fsp3) is 0.130. The van der Waals surface area contributed by atoms with E-state index in [1.165, 1.54) is 11.1 Å². The van der Waals surface area contributed by atoms with Crippen LogP contribution in [0.3, 0.4) is 0 Å². The fourth-order valence-electron chi connectivity index (χ4n) is 3.15. The topological polar surface area (TPSA) is 21.7 Å². The van der Waals surface area contributed by atoms with Gasteiger partial charge in [-0.2, -0.15) is 0 Å². The molecular weight excluding hydrogens is 322 g/mol. The number of hydrogen-bond acceptors (Lipinski definition) is 3. The summed E-state index contributed by atoms with van der Waals surface area (Å²) in [5, 5.41) is 2.03. The van der Waals surface area contributed by atoms with Crippen molar-refractivity contribution in [1.29, 1.82) is 0 Å². The Labute approximate surface area is 154 Å². The summed E-state index contributed by atoms with van der Waals surface area (Å²) in [6, 6.07) is 28.9. The van der Waals surface area contributed by atoms with Gasteiger partial charge in [0, 0.05) is 5.56 Å². The van der Waals surface area contributed by atoms with E-state index < -0.39 is 0 Å². The van der Waals surface area contributed by atoms with Gasteiger partial charge in [-0.3, -0.25) is 0 Å². The third-order valence-electron chi connectivity index (χ3n) is 4.53. The Bertz CT molecular complexity index is 873. The van der Waals surface area contributed by atoms with E-state index in [-0.39, 0.29) is 6.04 Å². The maximum Gasteiger partial charge on any atom is 0.152 e. The van der Waals surface area contributed by atoms with Crippen molar-refractivity contribution in [3.63, 3.8) is 0 Å². The lowest BCUT2D eigenvalue weighted by molar-refractivity contribution is -0.101. The summed E-state index contributed by atoms with van der Waals surface area (Å²) in [5.41, 5.74) is 3.48. The summed E-state index contributed by atoms with van der Waals surface area (Å²) in [7, 11) is 1.68. The van der Waals surface area contributed by atoms with Crippen molar-refractivity contribution >= 4 is 5.76 Å². The van der Waals surface area contributed by atoms with Crippen LogP contribution in [-0.4, -0.2) is 12.2 Å². The van der Waals surface area contributed by atoms with Crippen molar-refractivity contribution in [1.82, 2.24) is 5.06 Å². The van der Waals surface area contributed by atoms with Gasteiger partial charge in [0.1, 0.15) is 5.75 Å². The van der Waals surface area contributed by atoms with Crippen molar-refractivity contribution in [3.8, 4) is 5.75 Å². The molecule has 1 aliphatic heterocycles. The molecular formula is C23H21NO2. The molecule has 0 fully saturated rings. The predicted octanol–water partition coefficient (Wildman–Crippen LogP) is 5.22. The first-order valence-electron chi connectivity index (χ1n) is 8.73. The molecule has 0 aliphatic carbocycles. The Morgan fingerprint density at radius 1 is 0.846 bits per heavy atom. The van der Waals surface area contributed by atoms with E-state index in [1.54, 1.807) is 7.11 Å². The van der Waals surface area contributed by atoms with Gasteiger partial charge in [0.25, 0.3) is 0 Å². The standard InChI is InChI=1S/C23H21NO2/c1-25-21-14-12-18(13-15-21)17-24-22(19-8-4-2-5-9-19)16-23(26-24)20-10-6-3-7-11-20/h2-16,22H,17H2,1H3. The van der Waals surface area contributed by atoms with E-state index in [1.807, 2.05) is 41.5 Å². The minimum Gasteiger partial charge on any atom is -0.497 e. The van der Waals surface area contributed by atoms with Crippen LogP contribution < -0.4 is 4.74 Å². The van der Waals surface area contributed by atoms with Crippen molar-refractivity contribution < 1.29 is 9.57 Å². The summed E-state index contributed by atoms with van der Waals surface area (Å²) >= 11 is 0. The maximum absolute atomic E-state index is 6.24. The monoisotopic (exact) mass is 343 g/mol. The van der Waals surface area contributed by atoms with Crippen LogP contribution in [0.2, 0.25) is 0 Å². The van der Waals surface area contributed by atoms with E-state index >= 15 is 0 Å². The van der Waals surface area contributed by atoms with Crippen LogP contribution in [0.25, 0.3) is 5.76 Å². The van der Waals surface area contributed by atoms with Gasteiger partial charge >= 0.3 is 0 Å². The maximum atomic E-state index is 6.24. The molecule has 4 rings (SSSR count). The molecule has 130 valence electrons. The van der Waals surface area contributed by atoms with Crippen LogP contribution in [0.5, 0.6) is 5.75 Å². The summed E-state index contributed by atoms with van der Waals surface area (Å²) in [6.45, 7) is 0.691. The highest BCUT2D eigenvalue weighted by molar-refractivity contribution is 5.62.